The van der Waals surface area contributed by atoms with Crippen LogP contribution in [0, 0.1) is 0 Å². The van der Waals surface area contributed by atoms with Crippen LogP contribution >= 0.6 is 11.8 Å². The maximum absolute atomic E-state index is 11.1. The number of carbonyl (C=O) groups is 1. The molecule has 1 fully saturated rings. The summed E-state index contributed by atoms with van der Waals surface area (Å²) in [6.45, 7) is 4.73. The molecule has 1 N–H and O–H groups in total. The van der Waals surface area contributed by atoms with Crippen LogP contribution in [-0.4, -0.2) is 59.4 Å². The number of hydrogen-bond acceptors (Lipinski definition) is 4. The molecule has 0 aliphatic carbocycles. The molecule has 1 unspecified atom stereocenters. The molecule has 0 saturated carbocycles. The first-order valence-corrected chi connectivity index (χ1v) is 10.2. The number of nitrogens with zero attached hydrogens (tertiary/aromatic N) is 2. The Bertz CT molecular complexity index is 738. The van der Waals surface area contributed by atoms with E-state index >= 15 is 0 Å². The minimum atomic E-state index is -0.752. The number of benzene rings is 2. The van der Waals surface area contributed by atoms with Crippen molar-refractivity contribution < 1.29 is 9.90 Å². The van der Waals surface area contributed by atoms with Crippen LogP contribution in [0.3, 0.4) is 0 Å². The van der Waals surface area contributed by atoms with Crippen LogP contribution in [-0.2, 0) is 4.79 Å². The monoisotopic (exact) mass is 370 g/mol. The highest BCUT2D eigenvalue weighted by molar-refractivity contribution is 7.98. The highest BCUT2D eigenvalue weighted by Gasteiger charge is 2.31. The summed E-state index contributed by atoms with van der Waals surface area (Å²) in [5.41, 5.74) is 2.58. The van der Waals surface area contributed by atoms with E-state index in [1.54, 1.807) is 11.8 Å². The summed E-state index contributed by atoms with van der Waals surface area (Å²) >= 11 is 1.76. The van der Waals surface area contributed by atoms with Crippen LogP contribution in [0.1, 0.15) is 24.1 Å². The van der Waals surface area contributed by atoms with Crippen LogP contribution in [0.25, 0.3) is 0 Å². The van der Waals surface area contributed by atoms with Gasteiger partial charge in [-0.1, -0.05) is 42.5 Å². The molecule has 0 bridgehead atoms. The first kappa shape index (κ1) is 19.0. The van der Waals surface area contributed by atoms with Crippen molar-refractivity contribution in [3.8, 4) is 0 Å². The molecule has 0 radical (unpaired) electrons. The highest BCUT2D eigenvalue weighted by Crippen LogP contribution is 2.32. The smallest absolute Gasteiger partial charge is 0.317 e. The summed E-state index contributed by atoms with van der Waals surface area (Å²) in [6.07, 6.45) is 2.10. The van der Waals surface area contributed by atoms with Crippen LogP contribution in [0.2, 0.25) is 0 Å². The number of aliphatic carboxylic acids is 1. The van der Waals surface area contributed by atoms with Crippen LogP contribution < -0.4 is 0 Å². The first-order chi connectivity index (χ1) is 12.6. The van der Waals surface area contributed by atoms with Gasteiger partial charge in [0.15, 0.2) is 0 Å². The quantitative estimate of drug-likeness (QED) is 0.787. The molecule has 1 aliphatic heterocycles. The van der Waals surface area contributed by atoms with Crippen molar-refractivity contribution in [1.29, 1.82) is 0 Å². The number of piperazine rings is 1. The first-order valence-electron chi connectivity index (χ1n) is 8.97. The molecule has 2 atom stereocenters. The summed E-state index contributed by atoms with van der Waals surface area (Å²) in [4.78, 5) is 16.9. The minimum Gasteiger partial charge on any atom is -0.480 e. The van der Waals surface area contributed by atoms with Crippen molar-refractivity contribution in [3.05, 3.63) is 65.7 Å². The van der Waals surface area contributed by atoms with E-state index in [2.05, 4.69) is 71.5 Å². The Hall–Kier alpha value is -1.82. The highest BCUT2D eigenvalue weighted by atomic mass is 32.2. The summed E-state index contributed by atoms with van der Waals surface area (Å²) in [6, 6.07) is 19.7. The van der Waals surface area contributed by atoms with Crippen LogP contribution in [0.4, 0.5) is 0 Å². The topological polar surface area (TPSA) is 43.8 Å². The molecule has 0 aromatic heterocycles. The fraction of sp³-hybridized carbons (Fsp3) is 0.381. The standard InChI is InChI=1S/C21H26N2O2S/c1-16-14-23(12-11-22(16)15-20(24)25)21(17-7-4-3-5-8-17)18-9-6-10-19(13-18)26-2/h3-10,13,16,21H,11-12,14-15H2,1-2H3,(H,24,25)/t16?,21-/m0/s1. The van der Waals surface area contributed by atoms with Gasteiger partial charge >= 0.3 is 5.97 Å². The lowest BCUT2D eigenvalue weighted by atomic mass is 9.95. The van der Waals surface area contributed by atoms with E-state index in [1.165, 1.54) is 16.0 Å². The molecule has 1 aliphatic rings. The van der Waals surface area contributed by atoms with Crippen molar-refractivity contribution in [2.45, 2.75) is 23.9 Å². The zero-order valence-electron chi connectivity index (χ0n) is 15.3. The largest absolute Gasteiger partial charge is 0.480 e. The van der Waals surface area contributed by atoms with Gasteiger partial charge in [-0.05, 0) is 36.4 Å². The SMILES string of the molecule is CSc1cccc([C@H](c2ccccc2)N2CCN(CC(=O)O)C(C)C2)c1. The second-order valence-electron chi connectivity index (χ2n) is 6.80. The molecule has 1 saturated heterocycles. The molecule has 5 heteroatoms. The molecule has 0 amide bonds. The fourth-order valence-electron chi connectivity index (χ4n) is 3.73. The number of carboxylic acid groups (broad SMARTS) is 1. The Labute approximate surface area is 159 Å². The lowest BCUT2D eigenvalue weighted by Crippen LogP contribution is -2.54. The zero-order chi connectivity index (χ0) is 18.5. The lowest BCUT2D eigenvalue weighted by Gasteiger charge is -2.43. The van der Waals surface area contributed by atoms with E-state index in [1.807, 2.05) is 6.07 Å². The third kappa shape index (κ3) is 4.47. The van der Waals surface area contributed by atoms with Gasteiger partial charge in [0.2, 0.25) is 0 Å². The number of carboxylic acids is 1. The van der Waals surface area contributed by atoms with E-state index in [-0.39, 0.29) is 18.6 Å². The number of thioether (sulfide) groups is 1. The molecule has 26 heavy (non-hydrogen) atoms. The third-order valence-electron chi connectivity index (χ3n) is 5.02. The predicted octanol–water partition coefficient (Wildman–Crippen LogP) is 3.59. The molecule has 138 valence electrons. The van der Waals surface area contributed by atoms with Crippen molar-refractivity contribution in [3.63, 3.8) is 0 Å². The van der Waals surface area contributed by atoms with Gasteiger partial charge in [-0.2, -0.15) is 0 Å². The van der Waals surface area contributed by atoms with Crippen LogP contribution in [0.15, 0.2) is 59.5 Å². The number of rotatable bonds is 6. The van der Waals surface area contributed by atoms with E-state index in [0.29, 0.717) is 0 Å². The third-order valence-corrected chi connectivity index (χ3v) is 5.75. The lowest BCUT2D eigenvalue weighted by molar-refractivity contribution is -0.139. The maximum atomic E-state index is 11.1. The van der Waals surface area contributed by atoms with E-state index in [4.69, 9.17) is 5.11 Å². The van der Waals surface area contributed by atoms with Gasteiger partial charge in [-0.25, -0.2) is 0 Å². The Morgan fingerprint density at radius 2 is 1.88 bits per heavy atom. The van der Waals surface area contributed by atoms with Gasteiger partial charge in [-0.3, -0.25) is 14.6 Å². The van der Waals surface area contributed by atoms with Gasteiger partial charge in [0.1, 0.15) is 0 Å². The van der Waals surface area contributed by atoms with Crippen molar-refractivity contribution >= 4 is 17.7 Å². The molecule has 0 spiro atoms. The summed E-state index contributed by atoms with van der Waals surface area (Å²) in [5, 5.41) is 9.11. The minimum absolute atomic E-state index is 0.118. The molecular weight excluding hydrogens is 344 g/mol. The zero-order valence-corrected chi connectivity index (χ0v) is 16.2. The normalized spacial score (nSPS) is 20.0. The average Bonchev–Trinajstić information content (AvgIpc) is 2.65. The van der Waals surface area contributed by atoms with Crippen molar-refractivity contribution in [2.24, 2.45) is 0 Å². The molecule has 3 rings (SSSR count). The molecule has 2 aromatic rings. The molecular formula is C21H26N2O2S. The Morgan fingerprint density at radius 3 is 2.54 bits per heavy atom. The Morgan fingerprint density at radius 1 is 1.15 bits per heavy atom. The maximum Gasteiger partial charge on any atom is 0.317 e. The molecule has 2 aromatic carbocycles. The summed E-state index contributed by atoms with van der Waals surface area (Å²) in [7, 11) is 0. The Kier molecular flexibility index (Phi) is 6.35. The Balaban J connectivity index is 1.88. The summed E-state index contributed by atoms with van der Waals surface area (Å²) < 4.78 is 0. The van der Waals surface area contributed by atoms with E-state index < -0.39 is 5.97 Å². The van der Waals surface area contributed by atoms with Gasteiger partial charge in [-0.15, -0.1) is 11.8 Å². The second kappa shape index (κ2) is 8.71. The molecule has 1 heterocycles. The van der Waals surface area contributed by atoms with E-state index in [0.717, 1.165) is 19.6 Å². The fourth-order valence-corrected chi connectivity index (χ4v) is 4.20. The van der Waals surface area contributed by atoms with Gasteiger partial charge in [0.25, 0.3) is 0 Å². The summed E-state index contributed by atoms with van der Waals surface area (Å²) in [5.74, 6) is -0.752. The van der Waals surface area contributed by atoms with E-state index in [9.17, 15) is 4.79 Å². The number of hydrogen-bond donors (Lipinski definition) is 1. The predicted molar refractivity (Wildman–Crippen MR) is 107 cm³/mol. The van der Waals surface area contributed by atoms with Gasteiger partial charge < -0.3 is 5.11 Å². The van der Waals surface area contributed by atoms with Crippen molar-refractivity contribution in [1.82, 2.24) is 9.80 Å². The average molecular weight is 371 g/mol. The second-order valence-corrected chi connectivity index (χ2v) is 7.68. The van der Waals surface area contributed by atoms with Crippen molar-refractivity contribution in [2.75, 3.05) is 32.4 Å². The van der Waals surface area contributed by atoms with Crippen LogP contribution in [0.5, 0.6) is 0 Å². The molecule has 4 nitrogen and oxygen atoms in total. The van der Waals surface area contributed by atoms with Gasteiger partial charge in [0, 0.05) is 30.6 Å². The van der Waals surface area contributed by atoms with Gasteiger partial charge in [0.05, 0.1) is 12.6 Å².